The third-order valence-electron chi connectivity index (χ3n) is 4.45. The number of aryl methyl sites for hydroxylation is 1. The zero-order valence-electron chi connectivity index (χ0n) is 15.6. The first-order valence-electron chi connectivity index (χ1n) is 9.15. The molecule has 1 amide bonds. The quantitative estimate of drug-likeness (QED) is 0.590. The molecule has 0 fully saturated rings. The predicted molar refractivity (Wildman–Crippen MR) is 110 cm³/mol. The van der Waals surface area contributed by atoms with Crippen LogP contribution in [0.2, 0.25) is 0 Å². The molecule has 1 heterocycles. The minimum atomic E-state index is -0.0799. The molecule has 5 nitrogen and oxygen atoms in total. The van der Waals surface area contributed by atoms with Crippen LogP contribution in [0.4, 0.5) is 0 Å². The Labute approximate surface area is 164 Å². The summed E-state index contributed by atoms with van der Waals surface area (Å²) < 4.78 is 2.18. The number of nitrogens with zero attached hydrogens (tertiary/aromatic N) is 2. The summed E-state index contributed by atoms with van der Waals surface area (Å²) in [4.78, 5) is 12.8. The molecule has 0 aliphatic carbocycles. The van der Waals surface area contributed by atoms with Crippen molar-refractivity contribution >= 4 is 18.1 Å². The number of benzene rings is 2. The summed E-state index contributed by atoms with van der Waals surface area (Å²) in [6.45, 7) is 4.27. The number of aromatic amines is 1. The van der Waals surface area contributed by atoms with Gasteiger partial charge < -0.3 is 5.32 Å². The number of H-pyrrole nitrogens is 1. The SMILES string of the molecule is CCC[C@H](NC(=O)Cn1c(-c2cccc(C)c2)n[nH]c1=S)c1ccccc1. The zero-order chi connectivity index (χ0) is 19.2. The average molecular weight is 381 g/mol. The van der Waals surface area contributed by atoms with Crippen molar-refractivity contribution in [2.24, 2.45) is 0 Å². The molecule has 0 aliphatic rings. The van der Waals surface area contributed by atoms with Gasteiger partial charge in [0.25, 0.3) is 0 Å². The van der Waals surface area contributed by atoms with Gasteiger partial charge in [-0.3, -0.25) is 14.5 Å². The topological polar surface area (TPSA) is 62.7 Å². The Morgan fingerprint density at radius 1 is 1.22 bits per heavy atom. The molecule has 3 aromatic rings. The summed E-state index contributed by atoms with van der Waals surface area (Å²) in [5.41, 5.74) is 3.18. The smallest absolute Gasteiger partial charge is 0.240 e. The summed E-state index contributed by atoms with van der Waals surface area (Å²) in [7, 11) is 0. The van der Waals surface area contributed by atoms with Crippen LogP contribution in [-0.4, -0.2) is 20.7 Å². The van der Waals surface area contributed by atoms with Gasteiger partial charge in [0, 0.05) is 5.56 Å². The fraction of sp³-hybridized carbons (Fsp3) is 0.286. The van der Waals surface area contributed by atoms with Gasteiger partial charge in [-0.1, -0.05) is 67.4 Å². The molecule has 1 aromatic heterocycles. The Hall–Kier alpha value is -2.73. The van der Waals surface area contributed by atoms with Crippen LogP contribution in [0.15, 0.2) is 54.6 Å². The highest BCUT2D eigenvalue weighted by Gasteiger charge is 2.17. The normalized spacial score (nSPS) is 11.9. The lowest BCUT2D eigenvalue weighted by molar-refractivity contribution is -0.122. The second-order valence-electron chi connectivity index (χ2n) is 6.63. The maximum absolute atomic E-state index is 12.8. The molecule has 2 N–H and O–H groups in total. The van der Waals surface area contributed by atoms with Gasteiger partial charge in [-0.15, -0.1) is 0 Å². The summed E-state index contributed by atoms with van der Waals surface area (Å²) >= 11 is 5.35. The van der Waals surface area contributed by atoms with Gasteiger partial charge in [0.05, 0.1) is 6.04 Å². The van der Waals surface area contributed by atoms with E-state index in [0.29, 0.717) is 10.6 Å². The van der Waals surface area contributed by atoms with Crippen molar-refractivity contribution in [3.8, 4) is 11.4 Å². The third-order valence-corrected chi connectivity index (χ3v) is 4.76. The van der Waals surface area contributed by atoms with E-state index in [1.54, 1.807) is 4.57 Å². The molecule has 0 saturated heterocycles. The van der Waals surface area contributed by atoms with Gasteiger partial charge in [0.2, 0.25) is 5.91 Å². The molecule has 6 heteroatoms. The van der Waals surface area contributed by atoms with E-state index in [9.17, 15) is 4.79 Å². The molecule has 1 atom stereocenters. The molecule has 0 radical (unpaired) electrons. The summed E-state index contributed by atoms with van der Waals surface area (Å²) in [5, 5.41) is 10.3. The zero-order valence-corrected chi connectivity index (χ0v) is 16.4. The first-order chi connectivity index (χ1) is 13.1. The monoisotopic (exact) mass is 380 g/mol. The first-order valence-corrected chi connectivity index (χ1v) is 9.56. The third kappa shape index (κ3) is 4.71. The molecule has 0 saturated carbocycles. The number of nitrogens with one attached hydrogen (secondary N) is 2. The molecule has 140 valence electrons. The predicted octanol–water partition coefficient (Wildman–Crippen LogP) is 4.57. The highest BCUT2D eigenvalue weighted by molar-refractivity contribution is 7.71. The Morgan fingerprint density at radius 3 is 2.70 bits per heavy atom. The van der Waals surface area contributed by atoms with Crippen molar-refractivity contribution in [1.82, 2.24) is 20.1 Å². The van der Waals surface area contributed by atoms with Crippen LogP contribution < -0.4 is 5.32 Å². The van der Waals surface area contributed by atoms with Crippen molar-refractivity contribution in [1.29, 1.82) is 0 Å². The average Bonchev–Trinajstić information content (AvgIpc) is 3.02. The van der Waals surface area contributed by atoms with Crippen molar-refractivity contribution in [3.63, 3.8) is 0 Å². The van der Waals surface area contributed by atoms with Crippen LogP contribution in [0.5, 0.6) is 0 Å². The lowest BCUT2D eigenvalue weighted by atomic mass is 10.0. The van der Waals surface area contributed by atoms with Gasteiger partial charge in [-0.05, 0) is 37.2 Å². The van der Waals surface area contributed by atoms with Gasteiger partial charge >= 0.3 is 0 Å². The van der Waals surface area contributed by atoms with Crippen LogP contribution in [0, 0.1) is 11.7 Å². The number of carbonyl (C=O) groups is 1. The second-order valence-corrected chi connectivity index (χ2v) is 7.01. The van der Waals surface area contributed by atoms with Crippen LogP contribution in [-0.2, 0) is 11.3 Å². The van der Waals surface area contributed by atoms with E-state index in [1.165, 1.54) is 0 Å². The van der Waals surface area contributed by atoms with E-state index >= 15 is 0 Å². The number of carbonyl (C=O) groups excluding carboxylic acids is 1. The molecule has 0 bridgehead atoms. The van der Waals surface area contributed by atoms with Crippen LogP contribution >= 0.6 is 12.2 Å². The molecular weight excluding hydrogens is 356 g/mol. The molecular formula is C21H24N4OS. The Bertz CT molecular complexity index is 962. The van der Waals surface area contributed by atoms with E-state index in [4.69, 9.17) is 12.2 Å². The fourth-order valence-electron chi connectivity index (χ4n) is 3.15. The van der Waals surface area contributed by atoms with Gasteiger partial charge in [0.1, 0.15) is 6.54 Å². The number of amides is 1. The standard InChI is InChI=1S/C21H24N4OS/c1-3-8-18(16-10-5-4-6-11-16)22-19(26)14-25-20(23-24-21(25)27)17-12-7-9-15(2)13-17/h4-7,9-13,18H,3,8,14H2,1-2H3,(H,22,26)(H,24,27)/t18-/m0/s1. The summed E-state index contributed by atoms with van der Waals surface area (Å²) in [5.74, 6) is 0.592. The second kappa shape index (κ2) is 8.77. The Morgan fingerprint density at radius 2 is 2.00 bits per heavy atom. The van der Waals surface area contributed by atoms with Crippen molar-refractivity contribution in [2.75, 3.05) is 0 Å². The van der Waals surface area contributed by atoms with E-state index in [2.05, 4.69) is 22.4 Å². The van der Waals surface area contributed by atoms with Crippen LogP contribution in [0.25, 0.3) is 11.4 Å². The number of aromatic nitrogens is 3. The Kier molecular flexibility index (Phi) is 6.19. The van der Waals surface area contributed by atoms with E-state index in [0.717, 1.165) is 29.5 Å². The lowest BCUT2D eigenvalue weighted by Crippen LogP contribution is -2.31. The van der Waals surface area contributed by atoms with E-state index in [-0.39, 0.29) is 18.5 Å². The highest BCUT2D eigenvalue weighted by Crippen LogP contribution is 2.20. The van der Waals surface area contributed by atoms with Gasteiger partial charge in [-0.2, -0.15) is 5.10 Å². The van der Waals surface area contributed by atoms with Crippen molar-refractivity contribution in [2.45, 2.75) is 39.3 Å². The van der Waals surface area contributed by atoms with Crippen molar-refractivity contribution < 1.29 is 4.79 Å². The molecule has 3 rings (SSSR count). The van der Waals surface area contributed by atoms with Crippen LogP contribution in [0.1, 0.15) is 36.9 Å². The van der Waals surface area contributed by atoms with Crippen LogP contribution in [0.3, 0.4) is 0 Å². The first kappa shape index (κ1) is 19.0. The van der Waals surface area contributed by atoms with Gasteiger partial charge in [-0.25, -0.2) is 0 Å². The van der Waals surface area contributed by atoms with E-state index < -0.39 is 0 Å². The number of hydrogen-bond donors (Lipinski definition) is 2. The maximum Gasteiger partial charge on any atom is 0.240 e. The van der Waals surface area contributed by atoms with Gasteiger partial charge in [0.15, 0.2) is 10.6 Å². The summed E-state index contributed by atoms with van der Waals surface area (Å²) in [6, 6.07) is 18.0. The minimum Gasteiger partial charge on any atom is -0.348 e. The number of rotatable bonds is 7. The fourth-order valence-corrected chi connectivity index (χ4v) is 3.35. The van der Waals surface area contributed by atoms with Crippen molar-refractivity contribution in [3.05, 3.63) is 70.5 Å². The lowest BCUT2D eigenvalue weighted by Gasteiger charge is -2.19. The van der Waals surface area contributed by atoms with E-state index in [1.807, 2.05) is 61.5 Å². The number of hydrogen-bond acceptors (Lipinski definition) is 3. The maximum atomic E-state index is 12.8. The summed E-state index contributed by atoms with van der Waals surface area (Å²) in [6.07, 6.45) is 1.87. The molecule has 27 heavy (non-hydrogen) atoms. The highest BCUT2D eigenvalue weighted by atomic mass is 32.1. The largest absolute Gasteiger partial charge is 0.348 e. The minimum absolute atomic E-state index is 0.00723. The molecule has 2 aromatic carbocycles. The molecule has 0 aliphatic heterocycles. The Balaban J connectivity index is 1.80. The molecule has 0 unspecified atom stereocenters. The molecule has 0 spiro atoms.